The van der Waals surface area contributed by atoms with E-state index in [0.29, 0.717) is 22.0 Å². The highest BCUT2D eigenvalue weighted by atomic mass is 35.5. The Morgan fingerprint density at radius 1 is 1.41 bits per heavy atom. The first kappa shape index (κ1) is 18.3. The highest BCUT2D eigenvalue weighted by molar-refractivity contribution is 6.42. The van der Waals surface area contributed by atoms with Crippen molar-refractivity contribution in [1.29, 1.82) is 0 Å². The van der Waals surface area contributed by atoms with Gasteiger partial charge in [-0.2, -0.15) is 0 Å². The molecule has 0 saturated carbocycles. The maximum Gasteiger partial charge on any atom is 0.315 e. The van der Waals surface area contributed by atoms with Crippen LogP contribution in [0.2, 0.25) is 10.0 Å². The molecular formula is C15H18Cl2N2O3. The molecule has 0 saturated heterocycles. The second-order valence-electron chi connectivity index (χ2n) is 4.46. The molecule has 0 heterocycles. The molecule has 0 aliphatic rings. The highest BCUT2D eigenvalue weighted by Crippen LogP contribution is 2.31. The van der Waals surface area contributed by atoms with Gasteiger partial charge in [-0.1, -0.05) is 41.4 Å². The van der Waals surface area contributed by atoms with Crippen molar-refractivity contribution in [3.05, 3.63) is 46.5 Å². The van der Waals surface area contributed by atoms with E-state index in [9.17, 15) is 9.59 Å². The molecule has 0 fully saturated rings. The molecule has 1 rings (SSSR count). The molecule has 0 spiro atoms. The van der Waals surface area contributed by atoms with E-state index in [1.807, 2.05) is 0 Å². The summed E-state index contributed by atoms with van der Waals surface area (Å²) in [5.41, 5.74) is 0.712. The molecule has 0 aromatic heterocycles. The van der Waals surface area contributed by atoms with Crippen molar-refractivity contribution in [3.8, 4) is 0 Å². The predicted octanol–water partition coefficient (Wildman–Crippen LogP) is 3.47. The van der Waals surface area contributed by atoms with Crippen LogP contribution >= 0.6 is 23.2 Å². The smallest absolute Gasteiger partial charge is 0.315 e. The SMILES string of the molecule is C=CCC(NC(=O)NCCOC(C)=O)c1cccc(Cl)c1Cl. The van der Waals surface area contributed by atoms with Gasteiger partial charge in [0.05, 0.1) is 22.6 Å². The van der Waals surface area contributed by atoms with E-state index in [1.54, 1.807) is 24.3 Å². The van der Waals surface area contributed by atoms with E-state index >= 15 is 0 Å². The predicted molar refractivity (Wildman–Crippen MR) is 87.2 cm³/mol. The van der Waals surface area contributed by atoms with Gasteiger partial charge < -0.3 is 15.4 Å². The van der Waals surface area contributed by atoms with E-state index in [1.165, 1.54) is 6.92 Å². The van der Waals surface area contributed by atoms with Crippen LogP contribution < -0.4 is 10.6 Å². The van der Waals surface area contributed by atoms with Crippen molar-refractivity contribution < 1.29 is 14.3 Å². The van der Waals surface area contributed by atoms with E-state index in [-0.39, 0.29) is 19.2 Å². The first-order valence-corrected chi connectivity index (χ1v) is 7.43. The number of halogens is 2. The Bertz CT molecular complexity index is 550. The summed E-state index contributed by atoms with van der Waals surface area (Å²) in [5.74, 6) is -0.391. The summed E-state index contributed by atoms with van der Waals surface area (Å²) in [7, 11) is 0. The molecular weight excluding hydrogens is 327 g/mol. The number of benzene rings is 1. The van der Waals surface area contributed by atoms with Gasteiger partial charge in [0, 0.05) is 6.92 Å². The lowest BCUT2D eigenvalue weighted by molar-refractivity contribution is -0.140. The molecule has 1 aromatic rings. The van der Waals surface area contributed by atoms with E-state index in [4.69, 9.17) is 27.9 Å². The number of carbonyl (C=O) groups is 2. The molecule has 0 aliphatic carbocycles. The van der Waals surface area contributed by atoms with E-state index < -0.39 is 12.0 Å². The molecule has 5 nitrogen and oxygen atoms in total. The van der Waals surface area contributed by atoms with Crippen LogP contribution in [0, 0.1) is 0 Å². The normalized spacial score (nSPS) is 11.4. The summed E-state index contributed by atoms with van der Waals surface area (Å²) < 4.78 is 4.73. The Balaban J connectivity index is 2.64. The quantitative estimate of drug-likeness (QED) is 0.452. The van der Waals surface area contributed by atoms with E-state index in [0.717, 1.165) is 0 Å². The van der Waals surface area contributed by atoms with Gasteiger partial charge in [0.2, 0.25) is 0 Å². The number of carbonyl (C=O) groups excluding carboxylic acids is 2. The standard InChI is InChI=1S/C15H18Cl2N2O3/c1-3-5-13(11-6-4-7-12(16)14(11)17)19-15(21)18-8-9-22-10(2)20/h3-4,6-7,13H,1,5,8-9H2,2H3,(H2,18,19,21). The third-order valence-electron chi connectivity index (χ3n) is 2.76. The number of ether oxygens (including phenoxy) is 1. The fourth-order valence-corrected chi connectivity index (χ4v) is 2.23. The average Bonchev–Trinajstić information content (AvgIpc) is 2.46. The summed E-state index contributed by atoms with van der Waals surface area (Å²) in [5, 5.41) is 6.20. The van der Waals surface area contributed by atoms with Gasteiger partial charge in [-0.05, 0) is 18.1 Å². The van der Waals surface area contributed by atoms with Crippen LogP contribution in [0.3, 0.4) is 0 Å². The molecule has 2 N–H and O–H groups in total. The third kappa shape index (κ3) is 5.95. The van der Waals surface area contributed by atoms with Gasteiger partial charge >= 0.3 is 12.0 Å². The molecule has 120 valence electrons. The van der Waals surface area contributed by atoms with Crippen LogP contribution in [-0.4, -0.2) is 25.2 Å². The molecule has 2 amide bonds. The Hall–Kier alpha value is -1.72. The van der Waals surface area contributed by atoms with Crippen molar-refractivity contribution in [2.24, 2.45) is 0 Å². The lowest BCUT2D eigenvalue weighted by atomic mass is 10.0. The minimum absolute atomic E-state index is 0.118. The Kier molecular flexibility index (Phi) is 7.77. The molecule has 22 heavy (non-hydrogen) atoms. The van der Waals surface area contributed by atoms with Crippen LogP contribution in [-0.2, 0) is 9.53 Å². The van der Waals surface area contributed by atoms with Crippen LogP contribution in [0.4, 0.5) is 4.79 Å². The number of hydrogen-bond donors (Lipinski definition) is 2. The topological polar surface area (TPSA) is 67.4 Å². The zero-order chi connectivity index (χ0) is 16.5. The Morgan fingerprint density at radius 3 is 2.77 bits per heavy atom. The number of hydrogen-bond acceptors (Lipinski definition) is 3. The Labute approximate surface area is 139 Å². The summed E-state index contributed by atoms with van der Waals surface area (Å²) in [6.45, 7) is 5.32. The van der Waals surface area contributed by atoms with Gasteiger partial charge in [0.25, 0.3) is 0 Å². The number of esters is 1. The van der Waals surface area contributed by atoms with Crippen LogP contribution in [0.15, 0.2) is 30.9 Å². The number of amides is 2. The second kappa shape index (κ2) is 9.33. The van der Waals surface area contributed by atoms with Crippen molar-refractivity contribution in [2.75, 3.05) is 13.2 Å². The van der Waals surface area contributed by atoms with Crippen molar-refractivity contribution in [1.82, 2.24) is 10.6 Å². The zero-order valence-corrected chi connectivity index (χ0v) is 13.7. The lowest BCUT2D eigenvalue weighted by Crippen LogP contribution is -2.39. The van der Waals surface area contributed by atoms with Gasteiger partial charge in [-0.25, -0.2) is 4.79 Å². The monoisotopic (exact) mass is 344 g/mol. The van der Waals surface area contributed by atoms with Crippen molar-refractivity contribution in [2.45, 2.75) is 19.4 Å². The highest BCUT2D eigenvalue weighted by Gasteiger charge is 2.17. The van der Waals surface area contributed by atoms with Gasteiger partial charge in [0.15, 0.2) is 0 Å². The largest absolute Gasteiger partial charge is 0.464 e. The summed E-state index contributed by atoms with van der Waals surface area (Å²) >= 11 is 12.2. The number of nitrogens with one attached hydrogen (secondary N) is 2. The molecule has 0 aliphatic heterocycles. The molecule has 0 bridgehead atoms. The van der Waals surface area contributed by atoms with Gasteiger partial charge in [0.1, 0.15) is 6.61 Å². The lowest BCUT2D eigenvalue weighted by Gasteiger charge is -2.19. The summed E-state index contributed by atoms with van der Waals surface area (Å²) in [6, 6.07) is 4.49. The minimum Gasteiger partial charge on any atom is -0.464 e. The van der Waals surface area contributed by atoms with Crippen LogP contribution in [0.5, 0.6) is 0 Å². The first-order chi connectivity index (χ1) is 10.5. The third-order valence-corrected chi connectivity index (χ3v) is 3.59. The molecule has 1 aromatic carbocycles. The molecule has 7 heteroatoms. The van der Waals surface area contributed by atoms with Crippen LogP contribution in [0.25, 0.3) is 0 Å². The maximum absolute atomic E-state index is 11.9. The number of rotatable bonds is 7. The average molecular weight is 345 g/mol. The zero-order valence-electron chi connectivity index (χ0n) is 12.2. The maximum atomic E-state index is 11.9. The fraction of sp³-hybridized carbons (Fsp3) is 0.333. The van der Waals surface area contributed by atoms with Crippen molar-refractivity contribution in [3.63, 3.8) is 0 Å². The Morgan fingerprint density at radius 2 is 2.14 bits per heavy atom. The van der Waals surface area contributed by atoms with Crippen molar-refractivity contribution >= 4 is 35.2 Å². The summed E-state index contributed by atoms with van der Waals surface area (Å²) in [4.78, 5) is 22.5. The second-order valence-corrected chi connectivity index (χ2v) is 5.25. The summed E-state index contributed by atoms with van der Waals surface area (Å²) in [6.07, 6.45) is 2.18. The van der Waals surface area contributed by atoms with E-state index in [2.05, 4.69) is 17.2 Å². The minimum atomic E-state index is -0.393. The van der Waals surface area contributed by atoms with Gasteiger partial charge in [-0.15, -0.1) is 6.58 Å². The number of urea groups is 1. The first-order valence-electron chi connectivity index (χ1n) is 6.68. The molecule has 1 unspecified atom stereocenters. The molecule has 0 radical (unpaired) electrons. The fourth-order valence-electron chi connectivity index (χ4n) is 1.79. The van der Waals surface area contributed by atoms with Crippen LogP contribution in [0.1, 0.15) is 24.9 Å². The molecule has 1 atom stereocenters. The van der Waals surface area contributed by atoms with Gasteiger partial charge in [-0.3, -0.25) is 4.79 Å².